The molecule has 0 aliphatic heterocycles. The Morgan fingerprint density at radius 2 is 2.00 bits per heavy atom. The second-order valence-electron chi connectivity index (χ2n) is 6.60. The van der Waals surface area contributed by atoms with E-state index in [4.69, 9.17) is 9.72 Å². The van der Waals surface area contributed by atoms with Gasteiger partial charge in [-0.1, -0.05) is 15.9 Å². The number of nitrogens with zero attached hydrogens (tertiary/aromatic N) is 3. The number of anilines is 2. The molecule has 7 heteroatoms. The summed E-state index contributed by atoms with van der Waals surface area (Å²) in [5.41, 5.74) is 3.42. The van der Waals surface area contributed by atoms with Crippen molar-refractivity contribution >= 4 is 39.4 Å². The van der Waals surface area contributed by atoms with Gasteiger partial charge in [-0.2, -0.15) is 0 Å². The number of rotatable bonds is 5. The number of benzene rings is 1. The first kappa shape index (κ1) is 18.4. The van der Waals surface area contributed by atoms with E-state index in [1.165, 1.54) is 6.92 Å². The highest BCUT2D eigenvalue weighted by Crippen LogP contribution is 2.29. The summed E-state index contributed by atoms with van der Waals surface area (Å²) in [7, 11) is 2.01. The number of carbonyl (C=O) groups excluding carboxylic acids is 1. The van der Waals surface area contributed by atoms with Crippen LogP contribution in [0, 0.1) is 0 Å². The summed E-state index contributed by atoms with van der Waals surface area (Å²) in [4.78, 5) is 20.3. The molecule has 0 saturated carbocycles. The molecule has 0 spiro atoms. The van der Waals surface area contributed by atoms with E-state index in [2.05, 4.69) is 30.8 Å². The van der Waals surface area contributed by atoms with Gasteiger partial charge in [-0.05, 0) is 36.8 Å². The van der Waals surface area contributed by atoms with Crippen LogP contribution in [0.15, 0.2) is 52.8 Å². The standard InChI is InChI=1S/C21H19BrN4O2/c1-13(27)18-11-17(9-10-23-18)28-16-7-8-20-19(12-16)25-21(26(20)2)24-15-5-3-14(22)4-6-15/h3-6,9-12H,7-8H2,1-2H3,(H,24,25). The number of Topliss-reactive ketones (excluding diaryl/α,β-unsaturated/α-hetero) is 1. The van der Waals surface area contributed by atoms with Gasteiger partial charge in [0.15, 0.2) is 5.78 Å². The largest absolute Gasteiger partial charge is 0.462 e. The summed E-state index contributed by atoms with van der Waals surface area (Å²) in [5, 5.41) is 3.36. The van der Waals surface area contributed by atoms with Crippen LogP contribution in [0.25, 0.3) is 6.08 Å². The van der Waals surface area contributed by atoms with E-state index >= 15 is 0 Å². The van der Waals surface area contributed by atoms with Crippen LogP contribution in [0.5, 0.6) is 5.75 Å². The van der Waals surface area contributed by atoms with Gasteiger partial charge in [0.2, 0.25) is 5.95 Å². The minimum absolute atomic E-state index is 0.0845. The minimum Gasteiger partial charge on any atom is -0.462 e. The van der Waals surface area contributed by atoms with E-state index < -0.39 is 0 Å². The number of nitrogens with one attached hydrogen (secondary N) is 1. The van der Waals surface area contributed by atoms with E-state index in [0.29, 0.717) is 11.4 Å². The molecule has 6 nitrogen and oxygen atoms in total. The average molecular weight is 439 g/mol. The Morgan fingerprint density at radius 1 is 1.21 bits per heavy atom. The molecule has 2 heterocycles. The molecule has 0 saturated heterocycles. The predicted octanol–water partition coefficient (Wildman–Crippen LogP) is 4.89. The van der Waals surface area contributed by atoms with Gasteiger partial charge in [0.1, 0.15) is 17.2 Å². The lowest BCUT2D eigenvalue weighted by Gasteiger charge is -2.15. The molecule has 3 aromatic rings. The van der Waals surface area contributed by atoms with Crippen LogP contribution in [0.3, 0.4) is 0 Å². The maximum atomic E-state index is 11.5. The zero-order valence-corrected chi connectivity index (χ0v) is 17.2. The zero-order valence-electron chi connectivity index (χ0n) is 15.6. The van der Waals surface area contributed by atoms with Gasteiger partial charge in [-0.3, -0.25) is 9.78 Å². The average Bonchev–Trinajstić information content (AvgIpc) is 2.99. The van der Waals surface area contributed by atoms with Crippen LogP contribution in [0.2, 0.25) is 0 Å². The Labute approximate surface area is 171 Å². The van der Waals surface area contributed by atoms with Crippen LogP contribution < -0.4 is 10.1 Å². The molecule has 0 radical (unpaired) electrons. The molecule has 1 aliphatic rings. The van der Waals surface area contributed by atoms with Crippen molar-refractivity contribution in [1.82, 2.24) is 14.5 Å². The number of fused-ring (bicyclic) bond motifs is 1. The molecule has 0 amide bonds. The summed E-state index contributed by atoms with van der Waals surface area (Å²) in [5.74, 6) is 2.13. The van der Waals surface area contributed by atoms with E-state index in [0.717, 1.165) is 46.1 Å². The molecular weight excluding hydrogens is 420 g/mol. The summed E-state index contributed by atoms with van der Waals surface area (Å²) in [6.07, 6.45) is 5.14. The highest BCUT2D eigenvalue weighted by atomic mass is 79.9. The summed E-state index contributed by atoms with van der Waals surface area (Å²) in [6.45, 7) is 1.49. The third-order valence-electron chi connectivity index (χ3n) is 4.59. The lowest BCUT2D eigenvalue weighted by Crippen LogP contribution is -2.08. The van der Waals surface area contributed by atoms with E-state index in [1.807, 2.05) is 37.4 Å². The minimum atomic E-state index is -0.0845. The third-order valence-corrected chi connectivity index (χ3v) is 5.12. The Hall–Kier alpha value is -2.93. The molecule has 28 heavy (non-hydrogen) atoms. The molecule has 0 unspecified atom stereocenters. The Kier molecular flexibility index (Phi) is 5.00. The summed E-state index contributed by atoms with van der Waals surface area (Å²) >= 11 is 3.44. The van der Waals surface area contributed by atoms with Crippen LogP contribution in [-0.4, -0.2) is 20.3 Å². The first-order chi connectivity index (χ1) is 13.5. The van der Waals surface area contributed by atoms with E-state index in [1.54, 1.807) is 18.3 Å². The van der Waals surface area contributed by atoms with Crippen molar-refractivity contribution in [1.29, 1.82) is 0 Å². The van der Waals surface area contributed by atoms with Crippen molar-refractivity contribution in [2.24, 2.45) is 7.05 Å². The highest BCUT2D eigenvalue weighted by molar-refractivity contribution is 9.10. The Bertz CT molecular complexity index is 1070. The van der Waals surface area contributed by atoms with Crippen molar-refractivity contribution in [3.63, 3.8) is 0 Å². The Morgan fingerprint density at radius 3 is 2.75 bits per heavy atom. The first-order valence-corrected chi connectivity index (χ1v) is 9.72. The fourth-order valence-electron chi connectivity index (χ4n) is 3.10. The van der Waals surface area contributed by atoms with Crippen LogP contribution in [-0.2, 0) is 13.5 Å². The fourth-order valence-corrected chi connectivity index (χ4v) is 3.37. The van der Waals surface area contributed by atoms with Gasteiger partial charge in [0, 0.05) is 54.6 Å². The van der Waals surface area contributed by atoms with Crippen molar-refractivity contribution in [3.8, 4) is 5.75 Å². The number of allylic oxidation sites excluding steroid dienone is 1. The van der Waals surface area contributed by atoms with Gasteiger partial charge in [-0.15, -0.1) is 0 Å². The van der Waals surface area contributed by atoms with E-state index in [9.17, 15) is 4.79 Å². The zero-order chi connectivity index (χ0) is 19.7. The van der Waals surface area contributed by atoms with Crippen molar-refractivity contribution < 1.29 is 9.53 Å². The molecule has 142 valence electrons. The van der Waals surface area contributed by atoms with Gasteiger partial charge in [-0.25, -0.2) is 4.98 Å². The number of ether oxygens (including phenoxy) is 1. The van der Waals surface area contributed by atoms with Crippen molar-refractivity contribution in [3.05, 3.63) is 69.9 Å². The molecule has 1 aliphatic carbocycles. The number of pyridine rings is 1. The summed E-state index contributed by atoms with van der Waals surface area (Å²) < 4.78 is 9.09. The SMILES string of the molecule is CC(=O)c1cc(OC2=Cc3nc(Nc4ccc(Br)cc4)n(C)c3CC2)ccn1. The van der Waals surface area contributed by atoms with Gasteiger partial charge < -0.3 is 14.6 Å². The first-order valence-electron chi connectivity index (χ1n) is 8.93. The third kappa shape index (κ3) is 3.84. The topological polar surface area (TPSA) is 69.0 Å². The lowest BCUT2D eigenvalue weighted by atomic mass is 10.1. The van der Waals surface area contributed by atoms with Crippen molar-refractivity contribution in [2.75, 3.05) is 5.32 Å². The molecule has 4 rings (SSSR count). The van der Waals surface area contributed by atoms with Crippen molar-refractivity contribution in [2.45, 2.75) is 19.8 Å². The number of hydrogen-bond donors (Lipinski definition) is 1. The number of ketones is 1. The van der Waals surface area contributed by atoms with Crippen LogP contribution >= 0.6 is 15.9 Å². The van der Waals surface area contributed by atoms with Gasteiger partial charge in [0.05, 0.1) is 5.69 Å². The predicted molar refractivity (Wildman–Crippen MR) is 112 cm³/mol. The Balaban J connectivity index is 1.56. The second-order valence-corrected chi connectivity index (χ2v) is 7.52. The van der Waals surface area contributed by atoms with Gasteiger partial charge >= 0.3 is 0 Å². The molecule has 2 aromatic heterocycles. The molecule has 0 fully saturated rings. The number of hydrogen-bond acceptors (Lipinski definition) is 5. The fraction of sp³-hybridized carbons (Fsp3) is 0.190. The number of imidazole rings is 1. The highest BCUT2D eigenvalue weighted by Gasteiger charge is 2.20. The molecule has 0 bridgehead atoms. The lowest BCUT2D eigenvalue weighted by molar-refractivity contribution is 0.101. The quantitative estimate of drug-likeness (QED) is 0.574. The van der Waals surface area contributed by atoms with Gasteiger partial charge in [0.25, 0.3) is 0 Å². The smallest absolute Gasteiger partial charge is 0.207 e. The van der Waals surface area contributed by atoms with E-state index in [-0.39, 0.29) is 5.78 Å². The molecular formula is C21H19BrN4O2. The summed E-state index contributed by atoms with van der Waals surface area (Å²) in [6, 6.07) is 11.4. The molecule has 1 N–H and O–H groups in total. The number of aromatic nitrogens is 3. The number of carbonyl (C=O) groups is 1. The monoisotopic (exact) mass is 438 g/mol. The molecule has 0 atom stereocenters. The maximum absolute atomic E-state index is 11.5. The normalized spacial score (nSPS) is 12.9. The van der Waals surface area contributed by atoms with Crippen LogP contribution in [0.4, 0.5) is 11.6 Å². The van der Waals surface area contributed by atoms with Crippen LogP contribution in [0.1, 0.15) is 35.2 Å². The molecule has 1 aromatic carbocycles. The number of halogens is 1. The second kappa shape index (κ2) is 7.59. The maximum Gasteiger partial charge on any atom is 0.207 e.